The molecule has 4 nitrogen and oxygen atoms in total. The lowest BCUT2D eigenvalue weighted by atomic mass is 9.69. The van der Waals surface area contributed by atoms with Crippen LogP contribution in [-0.4, -0.2) is 14.8 Å². The van der Waals surface area contributed by atoms with Gasteiger partial charge in [0.05, 0.1) is 6.54 Å². The van der Waals surface area contributed by atoms with Crippen LogP contribution >= 0.6 is 0 Å². The van der Waals surface area contributed by atoms with E-state index >= 15 is 0 Å². The molecular weight excluding hydrogens is 248 g/mol. The van der Waals surface area contributed by atoms with Gasteiger partial charge in [-0.3, -0.25) is 0 Å². The number of nitrogens with two attached hydrogens (primary N) is 1. The first-order chi connectivity index (χ1) is 9.47. The summed E-state index contributed by atoms with van der Waals surface area (Å²) in [4.78, 5) is 0. The van der Waals surface area contributed by atoms with Crippen LogP contribution in [0.15, 0.2) is 0 Å². The van der Waals surface area contributed by atoms with Gasteiger partial charge in [0.15, 0.2) is 0 Å². The van der Waals surface area contributed by atoms with Crippen molar-refractivity contribution in [3.05, 3.63) is 11.6 Å². The largest absolute Gasteiger partial charge is 0.324 e. The Morgan fingerprint density at radius 1 is 1.15 bits per heavy atom. The normalized spacial score (nSPS) is 24.1. The highest BCUT2D eigenvalue weighted by Crippen LogP contribution is 2.42. The van der Waals surface area contributed by atoms with E-state index in [2.05, 4.69) is 42.5 Å². The third kappa shape index (κ3) is 3.22. The molecule has 1 heterocycles. The summed E-state index contributed by atoms with van der Waals surface area (Å²) in [6.07, 6.45) is 6.22. The third-order valence-corrected chi connectivity index (χ3v) is 4.80. The molecule has 1 aromatic rings. The zero-order valence-electron chi connectivity index (χ0n) is 13.5. The van der Waals surface area contributed by atoms with Gasteiger partial charge in [-0.25, -0.2) is 0 Å². The van der Waals surface area contributed by atoms with Gasteiger partial charge in [-0.05, 0) is 43.4 Å². The highest BCUT2D eigenvalue weighted by atomic mass is 15.3. The van der Waals surface area contributed by atoms with Crippen LogP contribution in [0.4, 0.5) is 0 Å². The molecule has 1 aliphatic carbocycles. The summed E-state index contributed by atoms with van der Waals surface area (Å²) in [7, 11) is 0. The molecule has 0 amide bonds. The van der Waals surface area contributed by atoms with Crippen LogP contribution < -0.4 is 5.73 Å². The van der Waals surface area contributed by atoms with Crippen molar-refractivity contribution < 1.29 is 0 Å². The second-order valence-corrected chi connectivity index (χ2v) is 7.24. The molecule has 0 saturated heterocycles. The minimum atomic E-state index is 0.435. The SMILES string of the molecule is CCCn1c(CN)nnc1C1CCC(C(C)(C)C)CC1. The Balaban J connectivity index is 2.09. The highest BCUT2D eigenvalue weighted by Gasteiger charge is 2.32. The lowest BCUT2D eigenvalue weighted by Gasteiger charge is -2.36. The Morgan fingerprint density at radius 2 is 1.80 bits per heavy atom. The molecule has 4 heteroatoms. The maximum atomic E-state index is 5.78. The second-order valence-electron chi connectivity index (χ2n) is 7.24. The first kappa shape index (κ1) is 15.5. The first-order valence-electron chi connectivity index (χ1n) is 8.09. The van der Waals surface area contributed by atoms with Crippen molar-refractivity contribution in [1.82, 2.24) is 14.8 Å². The molecule has 1 saturated carbocycles. The summed E-state index contributed by atoms with van der Waals surface area (Å²) in [6.45, 7) is 10.8. The van der Waals surface area contributed by atoms with Crippen molar-refractivity contribution in [2.75, 3.05) is 0 Å². The van der Waals surface area contributed by atoms with Crippen LogP contribution in [0.3, 0.4) is 0 Å². The Kier molecular flexibility index (Phi) is 4.84. The number of hydrogen-bond acceptors (Lipinski definition) is 3. The number of nitrogens with zero attached hydrogens (tertiary/aromatic N) is 3. The minimum Gasteiger partial charge on any atom is -0.324 e. The molecule has 1 aromatic heterocycles. The van der Waals surface area contributed by atoms with E-state index in [1.807, 2.05) is 0 Å². The molecule has 0 bridgehead atoms. The van der Waals surface area contributed by atoms with Gasteiger partial charge in [0.1, 0.15) is 11.6 Å². The van der Waals surface area contributed by atoms with Crippen molar-refractivity contribution in [2.24, 2.45) is 17.1 Å². The minimum absolute atomic E-state index is 0.435. The van der Waals surface area contributed by atoms with Crippen LogP contribution in [0.25, 0.3) is 0 Å². The summed E-state index contributed by atoms with van der Waals surface area (Å²) in [5.41, 5.74) is 6.21. The average molecular weight is 278 g/mol. The van der Waals surface area contributed by atoms with E-state index < -0.39 is 0 Å². The lowest BCUT2D eigenvalue weighted by molar-refractivity contribution is 0.166. The van der Waals surface area contributed by atoms with Crippen LogP contribution in [-0.2, 0) is 13.1 Å². The molecule has 114 valence electrons. The maximum absolute atomic E-state index is 5.78. The van der Waals surface area contributed by atoms with E-state index in [0.717, 1.165) is 24.7 Å². The monoisotopic (exact) mass is 278 g/mol. The highest BCUT2D eigenvalue weighted by molar-refractivity contribution is 5.04. The predicted octanol–water partition coefficient (Wildman–Crippen LogP) is 3.47. The molecule has 2 rings (SSSR count). The van der Waals surface area contributed by atoms with Crippen LogP contribution in [0.1, 0.15) is 77.4 Å². The molecule has 20 heavy (non-hydrogen) atoms. The molecule has 0 aliphatic heterocycles. The van der Waals surface area contributed by atoms with Crippen molar-refractivity contribution in [2.45, 2.75) is 78.8 Å². The predicted molar refractivity (Wildman–Crippen MR) is 82.4 cm³/mol. The zero-order valence-corrected chi connectivity index (χ0v) is 13.5. The van der Waals surface area contributed by atoms with E-state index in [0.29, 0.717) is 17.9 Å². The first-order valence-corrected chi connectivity index (χ1v) is 8.09. The van der Waals surface area contributed by atoms with Crippen LogP contribution in [0.2, 0.25) is 0 Å². The van der Waals surface area contributed by atoms with Gasteiger partial charge in [-0.2, -0.15) is 0 Å². The summed E-state index contributed by atoms with van der Waals surface area (Å²) < 4.78 is 2.27. The maximum Gasteiger partial charge on any atom is 0.146 e. The molecule has 0 spiro atoms. The van der Waals surface area contributed by atoms with E-state index in [1.54, 1.807) is 0 Å². The molecule has 0 unspecified atom stereocenters. The molecule has 1 fully saturated rings. The van der Waals surface area contributed by atoms with Crippen molar-refractivity contribution in [1.29, 1.82) is 0 Å². The zero-order chi connectivity index (χ0) is 14.8. The van der Waals surface area contributed by atoms with Gasteiger partial charge in [0, 0.05) is 12.5 Å². The van der Waals surface area contributed by atoms with E-state index in [4.69, 9.17) is 5.73 Å². The molecule has 0 aromatic carbocycles. The van der Waals surface area contributed by atoms with E-state index in [-0.39, 0.29) is 0 Å². The number of aromatic nitrogens is 3. The van der Waals surface area contributed by atoms with E-state index in [1.165, 1.54) is 31.5 Å². The Morgan fingerprint density at radius 3 is 2.30 bits per heavy atom. The lowest BCUT2D eigenvalue weighted by Crippen LogP contribution is -2.26. The Hall–Kier alpha value is -0.900. The van der Waals surface area contributed by atoms with Crippen molar-refractivity contribution in [3.63, 3.8) is 0 Å². The third-order valence-electron chi connectivity index (χ3n) is 4.80. The van der Waals surface area contributed by atoms with E-state index in [9.17, 15) is 0 Å². The standard InChI is InChI=1S/C16H30N4/c1-5-10-20-14(11-17)18-19-15(20)12-6-8-13(9-7-12)16(2,3)4/h12-13H,5-11,17H2,1-4H3. The summed E-state index contributed by atoms with van der Waals surface area (Å²) >= 11 is 0. The summed E-state index contributed by atoms with van der Waals surface area (Å²) in [6, 6.07) is 0. The van der Waals surface area contributed by atoms with Crippen molar-refractivity contribution in [3.8, 4) is 0 Å². The molecular formula is C16H30N4. The van der Waals surface area contributed by atoms with Gasteiger partial charge in [0.2, 0.25) is 0 Å². The quantitative estimate of drug-likeness (QED) is 0.917. The van der Waals surface area contributed by atoms with Gasteiger partial charge < -0.3 is 10.3 Å². The van der Waals surface area contributed by atoms with Crippen LogP contribution in [0.5, 0.6) is 0 Å². The number of rotatable bonds is 4. The Labute approximate surface area is 123 Å². The van der Waals surface area contributed by atoms with Gasteiger partial charge in [-0.15, -0.1) is 10.2 Å². The smallest absolute Gasteiger partial charge is 0.146 e. The fourth-order valence-electron chi connectivity index (χ4n) is 3.49. The fraction of sp³-hybridized carbons (Fsp3) is 0.875. The fourth-order valence-corrected chi connectivity index (χ4v) is 3.49. The topological polar surface area (TPSA) is 56.7 Å². The van der Waals surface area contributed by atoms with Gasteiger partial charge in [-0.1, -0.05) is 27.7 Å². The van der Waals surface area contributed by atoms with Gasteiger partial charge >= 0.3 is 0 Å². The Bertz CT molecular complexity index is 422. The molecule has 0 atom stereocenters. The average Bonchev–Trinajstić information content (AvgIpc) is 2.81. The summed E-state index contributed by atoms with van der Waals surface area (Å²) in [5, 5.41) is 8.73. The second kappa shape index (κ2) is 6.25. The van der Waals surface area contributed by atoms with Gasteiger partial charge in [0.25, 0.3) is 0 Å². The molecule has 2 N–H and O–H groups in total. The molecule has 0 radical (unpaired) electrons. The van der Waals surface area contributed by atoms with Crippen LogP contribution in [0, 0.1) is 11.3 Å². The molecule has 1 aliphatic rings. The summed E-state index contributed by atoms with van der Waals surface area (Å²) in [5.74, 6) is 3.54. The van der Waals surface area contributed by atoms with Crippen molar-refractivity contribution >= 4 is 0 Å². The number of hydrogen-bond donors (Lipinski definition) is 1.